The van der Waals surface area contributed by atoms with Gasteiger partial charge in [0.1, 0.15) is 5.75 Å². The quantitative estimate of drug-likeness (QED) is 0.642. The maximum atomic E-state index is 11.9. The monoisotopic (exact) mass is 242 g/mol. The molecule has 1 heterocycles. The lowest BCUT2D eigenvalue weighted by Crippen LogP contribution is -1.93. The Labute approximate surface area is 105 Å². The molecule has 0 aliphatic heterocycles. The molecule has 0 radical (unpaired) electrons. The van der Waals surface area contributed by atoms with Crippen LogP contribution in [-0.4, -0.2) is 21.1 Å². The lowest BCUT2D eigenvalue weighted by molar-refractivity contribution is 0.104. The van der Waals surface area contributed by atoms with Crippen molar-refractivity contribution in [3.05, 3.63) is 52.9 Å². The van der Waals surface area contributed by atoms with Crippen LogP contribution in [0.25, 0.3) is 6.08 Å². The van der Waals surface area contributed by atoms with E-state index in [-0.39, 0.29) is 11.5 Å². The zero-order valence-corrected chi connectivity index (χ0v) is 10.3. The number of nitrogens with one attached hydrogen (secondary N) is 1. The van der Waals surface area contributed by atoms with E-state index in [2.05, 4.69) is 10.2 Å². The third-order valence-corrected chi connectivity index (χ3v) is 2.74. The lowest BCUT2D eigenvalue weighted by Gasteiger charge is -1.96. The molecule has 2 aromatic rings. The van der Waals surface area contributed by atoms with E-state index in [0.29, 0.717) is 5.56 Å². The minimum atomic E-state index is -0.102. The van der Waals surface area contributed by atoms with Crippen LogP contribution in [0.15, 0.2) is 30.3 Å². The molecule has 4 nitrogen and oxygen atoms in total. The van der Waals surface area contributed by atoms with E-state index < -0.39 is 0 Å². The number of carbonyl (C=O) groups excluding carboxylic acids is 1. The Morgan fingerprint density at radius 1 is 1.28 bits per heavy atom. The van der Waals surface area contributed by atoms with Crippen molar-refractivity contribution in [2.45, 2.75) is 13.8 Å². The molecule has 1 aromatic heterocycles. The Morgan fingerprint density at radius 2 is 1.94 bits per heavy atom. The summed E-state index contributed by atoms with van der Waals surface area (Å²) >= 11 is 0. The topological polar surface area (TPSA) is 66.0 Å². The maximum absolute atomic E-state index is 11.9. The van der Waals surface area contributed by atoms with Crippen LogP contribution in [-0.2, 0) is 0 Å². The maximum Gasteiger partial charge on any atom is 0.185 e. The summed E-state index contributed by atoms with van der Waals surface area (Å²) in [6, 6.07) is 6.18. The second-order valence-corrected chi connectivity index (χ2v) is 4.09. The van der Waals surface area contributed by atoms with Gasteiger partial charge >= 0.3 is 0 Å². The van der Waals surface area contributed by atoms with Crippen molar-refractivity contribution in [2.24, 2.45) is 0 Å². The molecule has 0 saturated carbocycles. The summed E-state index contributed by atoms with van der Waals surface area (Å²) in [5.74, 6) is 0.0482. The molecule has 0 bridgehead atoms. The predicted molar refractivity (Wildman–Crippen MR) is 69.5 cm³/mol. The van der Waals surface area contributed by atoms with E-state index in [4.69, 9.17) is 5.11 Å². The van der Waals surface area contributed by atoms with Gasteiger partial charge < -0.3 is 5.11 Å². The number of benzene rings is 1. The SMILES string of the molecule is Cc1n[nH]c(C)c1/C=C\C(=O)c1ccc(O)cc1. The first-order chi connectivity index (χ1) is 8.58. The van der Waals surface area contributed by atoms with Gasteiger partial charge in [0.2, 0.25) is 0 Å². The minimum absolute atomic E-state index is 0.102. The number of hydrogen-bond acceptors (Lipinski definition) is 3. The molecule has 2 N–H and O–H groups in total. The molecule has 0 aliphatic rings. The Hall–Kier alpha value is -2.36. The summed E-state index contributed by atoms with van der Waals surface area (Å²) in [6.45, 7) is 3.79. The molecule has 0 amide bonds. The zero-order chi connectivity index (χ0) is 13.1. The highest BCUT2D eigenvalue weighted by atomic mass is 16.3. The normalized spacial score (nSPS) is 11.0. The van der Waals surface area contributed by atoms with Crippen molar-refractivity contribution in [2.75, 3.05) is 0 Å². The second-order valence-electron chi connectivity index (χ2n) is 4.09. The second kappa shape index (κ2) is 4.87. The van der Waals surface area contributed by atoms with Gasteiger partial charge in [0.05, 0.1) is 5.69 Å². The molecule has 0 spiro atoms. The number of allylic oxidation sites excluding steroid dienone is 1. The molecule has 0 unspecified atom stereocenters. The highest BCUT2D eigenvalue weighted by molar-refractivity contribution is 6.06. The van der Waals surface area contributed by atoms with Crippen LogP contribution in [0.1, 0.15) is 27.3 Å². The number of hydrogen-bond donors (Lipinski definition) is 2. The number of aryl methyl sites for hydroxylation is 2. The largest absolute Gasteiger partial charge is 0.508 e. The van der Waals surface area contributed by atoms with E-state index in [9.17, 15) is 4.79 Å². The minimum Gasteiger partial charge on any atom is -0.508 e. The van der Waals surface area contributed by atoms with Crippen LogP contribution in [0.4, 0.5) is 0 Å². The molecule has 4 heteroatoms. The standard InChI is InChI=1S/C14H14N2O2/c1-9-13(10(2)16-15-9)7-8-14(18)11-3-5-12(17)6-4-11/h3-8,17H,1-2H3,(H,15,16)/b8-7-. The first-order valence-corrected chi connectivity index (χ1v) is 5.61. The first kappa shape index (κ1) is 12.1. The number of carbonyl (C=O) groups is 1. The van der Waals surface area contributed by atoms with Crippen LogP contribution in [0.5, 0.6) is 5.75 Å². The van der Waals surface area contributed by atoms with Gasteiger partial charge in [-0.05, 0) is 50.3 Å². The van der Waals surface area contributed by atoms with Crippen molar-refractivity contribution in [3.63, 3.8) is 0 Å². The molecule has 2 rings (SSSR count). The number of H-pyrrole nitrogens is 1. The van der Waals surface area contributed by atoms with Crippen LogP contribution < -0.4 is 0 Å². The summed E-state index contributed by atoms with van der Waals surface area (Å²) in [5.41, 5.74) is 3.27. The van der Waals surface area contributed by atoms with Crippen LogP contribution in [0.3, 0.4) is 0 Å². The van der Waals surface area contributed by atoms with Gasteiger partial charge in [-0.2, -0.15) is 5.10 Å². The molecule has 0 aliphatic carbocycles. The van der Waals surface area contributed by atoms with E-state index >= 15 is 0 Å². The van der Waals surface area contributed by atoms with Crippen LogP contribution in [0.2, 0.25) is 0 Å². The van der Waals surface area contributed by atoms with Gasteiger partial charge in [0.15, 0.2) is 5.78 Å². The van der Waals surface area contributed by atoms with Gasteiger partial charge in [0, 0.05) is 16.8 Å². The number of ketones is 1. The molecule has 0 atom stereocenters. The molecule has 0 fully saturated rings. The number of aromatic nitrogens is 2. The molecule has 0 saturated heterocycles. The molecule has 18 heavy (non-hydrogen) atoms. The molecular weight excluding hydrogens is 228 g/mol. The smallest absolute Gasteiger partial charge is 0.185 e. The van der Waals surface area contributed by atoms with E-state index in [1.807, 2.05) is 13.8 Å². The fourth-order valence-electron chi connectivity index (χ4n) is 1.69. The van der Waals surface area contributed by atoms with Crippen LogP contribution in [0, 0.1) is 13.8 Å². The number of rotatable bonds is 3. The number of nitrogens with zero attached hydrogens (tertiary/aromatic N) is 1. The van der Waals surface area contributed by atoms with Gasteiger partial charge in [-0.3, -0.25) is 9.89 Å². The number of phenols is 1. The summed E-state index contributed by atoms with van der Waals surface area (Å²) in [7, 11) is 0. The Kier molecular flexibility index (Phi) is 3.28. The van der Waals surface area contributed by atoms with Crippen molar-refractivity contribution in [1.29, 1.82) is 0 Å². The zero-order valence-electron chi connectivity index (χ0n) is 10.3. The Bertz CT molecular complexity index is 575. The Balaban J connectivity index is 2.19. The number of aromatic hydroxyl groups is 1. The third-order valence-electron chi connectivity index (χ3n) is 2.74. The van der Waals surface area contributed by atoms with Crippen LogP contribution >= 0.6 is 0 Å². The van der Waals surface area contributed by atoms with E-state index in [1.165, 1.54) is 18.2 Å². The average molecular weight is 242 g/mol. The highest BCUT2D eigenvalue weighted by Crippen LogP contribution is 2.14. The van der Waals surface area contributed by atoms with E-state index in [1.54, 1.807) is 18.2 Å². The molecular formula is C14H14N2O2. The molecule has 92 valence electrons. The lowest BCUT2D eigenvalue weighted by atomic mass is 10.1. The fourth-order valence-corrected chi connectivity index (χ4v) is 1.69. The van der Waals surface area contributed by atoms with Crippen molar-refractivity contribution in [1.82, 2.24) is 10.2 Å². The van der Waals surface area contributed by atoms with Gasteiger partial charge in [-0.1, -0.05) is 0 Å². The molecule has 1 aromatic carbocycles. The Morgan fingerprint density at radius 3 is 2.50 bits per heavy atom. The summed E-state index contributed by atoms with van der Waals surface area (Å²) < 4.78 is 0. The number of aromatic amines is 1. The average Bonchev–Trinajstić information content (AvgIpc) is 2.67. The summed E-state index contributed by atoms with van der Waals surface area (Å²) in [4.78, 5) is 11.9. The van der Waals surface area contributed by atoms with Gasteiger partial charge in [-0.15, -0.1) is 0 Å². The van der Waals surface area contributed by atoms with Crippen molar-refractivity contribution >= 4 is 11.9 Å². The van der Waals surface area contributed by atoms with E-state index in [0.717, 1.165) is 17.0 Å². The van der Waals surface area contributed by atoms with Crippen molar-refractivity contribution in [3.8, 4) is 5.75 Å². The van der Waals surface area contributed by atoms with Gasteiger partial charge in [-0.25, -0.2) is 0 Å². The first-order valence-electron chi connectivity index (χ1n) is 5.61. The highest BCUT2D eigenvalue weighted by Gasteiger charge is 2.05. The van der Waals surface area contributed by atoms with Crippen molar-refractivity contribution < 1.29 is 9.90 Å². The summed E-state index contributed by atoms with van der Waals surface area (Å²) in [5, 5.41) is 16.1. The summed E-state index contributed by atoms with van der Waals surface area (Å²) in [6.07, 6.45) is 3.26. The van der Waals surface area contributed by atoms with Gasteiger partial charge in [0.25, 0.3) is 0 Å². The number of phenolic OH excluding ortho intramolecular Hbond substituents is 1. The predicted octanol–water partition coefficient (Wildman–Crippen LogP) is 2.63. The fraction of sp³-hybridized carbons (Fsp3) is 0.143. The third kappa shape index (κ3) is 2.48.